The van der Waals surface area contributed by atoms with Crippen molar-refractivity contribution in [1.82, 2.24) is 39.7 Å². The van der Waals surface area contributed by atoms with Crippen molar-refractivity contribution < 1.29 is 9.59 Å². The van der Waals surface area contributed by atoms with Gasteiger partial charge in [0.15, 0.2) is 11.4 Å². The Balaban J connectivity index is 1.25. The van der Waals surface area contributed by atoms with Crippen molar-refractivity contribution in [2.75, 3.05) is 11.5 Å². The maximum atomic E-state index is 13.2. The Morgan fingerprint density at radius 1 is 0.951 bits per heavy atom. The second-order valence-electron chi connectivity index (χ2n) is 10.7. The molecule has 12 heteroatoms. The molecule has 2 aliphatic rings. The van der Waals surface area contributed by atoms with E-state index in [9.17, 15) is 9.59 Å². The molecule has 1 aromatic carbocycles. The molecule has 0 saturated carbocycles. The molecule has 1 amide bonds. The molecule has 2 bridgehead atoms. The number of H-pyrrole nitrogens is 1. The van der Waals surface area contributed by atoms with Crippen molar-refractivity contribution in [3.05, 3.63) is 71.9 Å². The van der Waals surface area contributed by atoms with Gasteiger partial charge in [0.2, 0.25) is 11.8 Å². The number of aromatic nitrogens is 7. The molecule has 41 heavy (non-hydrogen) atoms. The van der Waals surface area contributed by atoms with Crippen molar-refractivity contribution in [3.63, 3.8) is 0 Å². The Morgan fingerprint density at radius 3 is 2.34 bits per heavy atom. The van der Waals surface area contributed by atoms with Crippen LogP contribution in [0.3, 0.4) is 0 Å². The molecule has 0 aliphatic carbocycles. The molecule has 206 valence electrons. The van der Waals surface area contributed by atoms with Crippen LogP contribution in [0.15, 0.2) is 54.9 Å². The van der Waals surface area contributed by atoms with Crippen molar-refractivity contribution in [1.29, 1.82) is 0 Å². The highest BCUT2D eigenvalue weighted by molar-refractivity contribution is 6.00. The third-order valence-electron chi connectivity index (χ3n) is 8.26. The first kappa shape index (κ1) is 24.9. The number of pyridine rings is 1. The fourth-order valence-electron chi connectivity index (χ4n) is 6.44. The molecule has 4 aromatic heterocycles. The molecular weight excluding hydrogens is 520 g/mol. The number of nitrogens with two attached hydrogens (primary N) is 2. The minimum atomic E-state index is -0.233. The summed E-state index contributed by atoms with van der Waals surface area (Å²) < 4.78 is 1.53. The largest absolute Gasteiger partial charge is 0.383 e. The number of Topliss-reactive ketones (excluding diaryl/α,β-unsaturated/α-hetero) is 1. The van der Waals surface area contributed by atoms with Crippen molar-refractivity contribution >= 4 is 29.1 Å². The molecule has 0 radical (unpaired) electrons. The number of hydrogen-bond donors (Lipinski definition) is 3. The highest BCUT2D eigenvalue weighted by atomic mass is 16.2. The van der Waals surface area contributed by atoms with Crippen LogP contribution in [0.2, 0.25) is 0 Å². The number of hydrogen-bond acceptors (Lipinski definition) is 9. The van der Waals surface area contributed by atoms with Gasteiger partial charge >= 0.3 is 0 Å². The lowest BCUT2D eigenvalue weighted by atomic mass is 9.85. The number of aromatic amines is 1. The molecule has 0 spiro atoms. The number of amides is 1. The SMILES string of the molecule is CC(=O)c1c([C@@H]2C[C@H]3CC[C@@H](C2)N3C(=O)c2n[nH]c(N)n2)nc2c(-c3ccc(-c4ccccc4)nc3)cnn2c1N. The first-order valence-corrected chi connectivity index (χ1v) is 13.6. The first-order valence-electron chi connectivity index (χ1n) is 13.6. The third-order valence-corrected chi connectivity index (χ3v) is 8.26. The zero-order chi connectivity index (χ0) is 28.2. The average molecular weight is 549 g/mol. The van der Waals surface area contributed by atoms with Gasteiger partial charge in [0, 0.05) is 40.9 Å². The lowest BCUT2D eigenvalue weighted by Crippen LogP contribution is -2.46. The van der Waals surface area contributed by atoms with Crippen LogP contribution >= 0.6 is 0 Å². The van der Waals surface area contributed by atoms with Crippen LogP contribution in [-0.2, 0) is 0 Å². The molecule has 6 heterocycles. The van der Waals surface area contributed by atoms with Gasteiger partial charge in [0.05, 0.1) is 23.1 Å². The highest BCUT2D eigenvalue weighted by Crippen LogP contribution is 2.45. The number of rotatable bonds is 5. The Bertz CT molecular complexity index is 1780. The summed E-state index contributed by atoms with van der Waals surface area (Å²) in [7, 11) is 0. The molecule has 5 aromatic rings. The summed E-state index contributed by atoms with van der Waals surface area (Å²) in [6, 6.07) is 13.9. The van der Waals surface area contributed by atoms with Crippen molar-refractivity contribution in [2.24, 2.45) is 0 Å². The van der Waals surface area contributed by atoms with E-state index in [1.807, 2.05) is 47.4 Å². The maximum absolute atomic E-state index is 13.2. The summed E-state index contributed by atoms with van der Waals surface area (Å²) in [6.45, 7) is 1.50. The van der Waals surface area contributed by atoms with E-state index in [2.05, 4.69) is 25.3 Å². The molecule has 7 rings (SSSR count). The van der Waals surface area contributed by atoms with Gasteiger partial charge in [0.1, 0.15) is 5.82 Å². The van der Waals surface area contributed by atoms with Crippen molar-refractivity contribution in [2.45, 2.75) is 50.6 Å². The van der Waals surface area contributed by atoms with Crippen LogP contribution in [0.4, 0.5) is 11.8 Å². The molecule has 2 saturated heterocycles. The van der Waals surface area contributed by atoms with Gasteiger partial charge in [0.25, 0.3) is 5.91 Å². The van der Waals surface area contributed by atoms with E-state index < -0.39 is 0 Å². The zero-order valence-electron chi connectivity index (χ0n) is 22.4. The van der Waals surface area contributed by atoms with Crippen LogP contribution < -0.4 is 11.5 Å². The molecule has 5 N–H and O–H groups in total. The van der Waals surface area contributed by atoms with Crippen LogP contribution in [0, 0.1) is 0 Å². The predicted molar refractivity (Wildman–Crippen MR) is 152 cm³/mol. The normalized spacial score (nSPS) is 20.0. The fraction of sp³-hybridized carbons (Fsp3) is 0.276. The maximum Gasteiger partial charge on any atom is 0.294 e. The van der Waals surface area contributed by atoms with Crippen LogP contribution in [-0.4, -0.2) is 63.4 Å². The first-order chi connectivity index (χ1) is 19.9. The molecule has 0 unspecified atom stereocenters. The quantitative estimate of drug-likeness (QED) is 0.278. The van der Waals surface area contributed by atoms with Crippen LogP contribution in [0.5, 0.6) is 0 Å². The van der Waals surface area contributed by atoms with Gasteiger partial charge in [-0.25, -0.2) is 10.1 Å². The Labute approximate surface area is 234 Å². The van der Waals surface area contributed by atoms with Gasteiger partial charge in [-0.1, -0.05) is 36.4 Å². The average Bonchev–Trinajstić information content (AvgIpc) is 3.68. The third kappa shape index (κ3) is 4.10. The monoisotopic (exact) mass is 548 g/mol. The molecule has 2 aliphatic heterocycles. The molecule has 2 fully saturated rings. The van der Waals surface area contributed by atoms with Gasteiger partial charge in [-0.3, -0.25) is 14.6 Å². The van der Waals surface area contributed by atoms with E-state index in [0.717, 1.165) is 35.2 Å². The van der Waals surface area contributed by atoms with Gasteiger partial charge in [-0.2, -0.15) is 14.6 Å². The van der Waals surface area contributed by atoms with Gasteiger partial charge in [-0.15, -0.1) is 5.10 Å². The second kappa shape index (κ2) is 9.51. The predicted octanol–water partition coefficient (Wildman–Crippen LogP) is 3.49. The van der Waals surface area contributed by atoms with Crippen LogP contribution in [0.25, 0.3) is 28.0 Å². The molecule has 12 nitrogen and oxygen atoms in total. The highest BCUT2D eigenvalue weighted by Gasteiger charge is 2.46. The summed E-state index contributed by atoms with van der Waals surface area (Å²) >= 11 is 0. The summed E-state index contributed by atoms with van der Waals surface area (Å²) in [5.41, 5.74) is 17.4. The molecule has 3 atom stereocenters. The number of benzene rings is 1. The van der Waals surface area contributed by atoms with E-state index >= 15 is 0 Å². The number of anilines is 2. The number of nitrogens with one attached hydrogen (secondary N) is 1. The number of carbonyl (C=O) groups excluding carboxylic acids is 2. The number of nitrogen functional groups attached to an aromatic ring is 2. The smallest absolute Gasteiger partial charge is 0.294 e. The summed E-state index contributed by atoms with van der Waals surface area (Å²) in [5, 5.41) is 11.0. The standard InChI is InChI=1S/C29H28N10O2/c1-15(40)23-24(18-11-19-8-9-20(12-18)38(19)28(41)26-35-29(31)37-36-26)34-27-21(14-33-39(27)25(23)30)17-7-10-22(32-13-17)16-5-3-2-4-6-16/h2-7,10,13-14,18-20H,8-9,11-12,30H2,1H3,(H3,31,35,36,37)/t18-,19-,20+. The van der Waals surface area contributed by atoms with Gasteiger partial charge in [-0.05, 0) is 38.7 Å². The zero-order valence-corrected chi connectivity index (χ0v) is 22.4. The number of piperidine rings is 1. The molecular formula is C29H28N10O2. The minimum Gasteiger partial charge on any atom is -0.383 e. The minimum absolute atomic E-state index is 0.0239. The number of fused-ring (bicyclic) bond motifs is 3. The lowest BCUT2D eigenvalue weighted by molar-refractivity contribution is 0.0556. The van der Waals surface area contributed by atoms with Crippen molar-refractivity contribution in [3.8, 4) is 22.4 Å². The van der Waals surface area contributed by atoms with E-state index in [-0.39, 0.29) is 47.3 Å². The van der Waals surface area contributed by atoms with E-state index in [0.29, 0.717) is 29.7 Å². The van der Waals surface area contributed by atoms with E-state index in [1.54, 1.807) is 12.4 Å². The second-order valence-corrected chi connectivity index (χ2v) is 10.7. The van der Waals surface area contributed by atoms with E-state index in [4.69, 9.17) is 16.5 Å². The number of carbonyl (C=O) groups is 2. The lowest BCUT2D eigenvalue weighted by Gasteiger charge is -2.38. The fourth-order valence-corrected chi connectivity index (χ4v) is 6.44. The Morgan fingerprint density at radius 2 is 1.71 bits per heavy atom. The Kier molecular flexibility index (Phi) is 5.77. The number of nitrogens with zero attached hydrogens (tertiary/aromatic N) is 7. The summed E-state index contributed by atoms with van der Waals surface area (Å²) in [4.78, 5) is 41.7. The van der Waals surface area contributed by atoms with Gasteiger partial charge < -0.3 is 16.4 Å². The van der Waals surface area contributed by atoms with E-state index in [1.165, 1.54) is 11.4 Å². The Hall–Kier alpha value is -5.13. The van der Waals surface area contributed by atoms with Crippen LogP contribution in [0.1, 0.15) is 65.2 Å². The summed E-state index contributed by atoms with van der Waals surface area (Å²) in [6.07, 6.45) is 6.54. The number of ketones is 1. The summed E-state index contributed by atoms with van der Waals surface area (Å²) in [5.74, 6) is -0.0120. The topological polar surface area (TPSA) is 174 Å².